The van der Waals surface area contributed by atoms with Gasteiger partial charge in [0.2, 0.25) is 0 Å². The van der Waals surface area contributed by atoms with Gasteiger partial charge in [-0.3, -0.25) is 4.79 Å². The summed E-state index contributed by atoms with van der Waals surface area (Å²) in [7, 11) is 0. The molecule has 0 saturated heterocycles. The zero-order valence-corrected chi connectivity index (χ0v) is 11.4. The van der Waals surface area contributed by atoms with E-state index in [1.54, 1.807) is 19.1 Å². The number of nitrogens with one attached hydrogen (secondary N) is 1. The van der Waals surface area contributed by atoms with Crippen LogP contribution in [0.4, 0.5) is 10.1 Å². The number of hydrogen-bond donors (Lipinski definition) is 1. The lowest BCUT2D eigenvalue weighted by molar-refractivity contribution is 0.102. The maximum Gasteiger partial charge on any atom is 0.255 e. The Morgan fingerprint density at radius 2 is 1.89 bits per heavy atom. The molecule has 0 spiro atoms. The number of carbonyl (C=O) groups is 1. The molecule has 0 atom stereocenters. The fraction of sp³-hybridized carbons (Fsp3) is 0.133. The maximum atomic E-state index is 13.0. The number of aryl methyl sites for hydroxylation is 2. The monoisotopic (exact) mass is 277 g/mol. The molecule has 0 aromatic heterocycles. The zero-order valence-electron chi connectivity index (χ0n) is 10.6. The summed E-state index contributed by atoms with van der Waals surface area (Å²) < 4.78 is 13.0. The molecule has 2 aromatic rings. The van der Waals surface area contributed by atoms with Crippen molar-refractivity contribution in [3.63, 3.8) is 0 Å². The van der Waals surface area contributed by atoms with Gasteiger partial charge >= 0.3 is 0 Å². The summed E-state index contributed by atoms with van der Waals surface area (Å²) >= 11 is 6.02. The van der Waals surface area contributed by atoms with Crippen LogP contribution < -0.4 is 5.32 Å². The Morgan fingerprint density at radius 3 is 2.58 bits per heavy atom. The third-order valence-corrected chi connectivity index (χ3v) is 3.13. The molecule has 0 bridgehead atoms. The van der Waals surface area contributed by atoms with Crippen molar-refractivity contribution in [1.82, 2.24) is 0 Å². The Bertz CT molecular complexity index is 640. The summed E-state index contributed by atoms with van der Waals surface area (Å²) in [5.41, 5.74) is 2.56. The lowest BCUT2D eigenvalue weighted by atomic mass is 10.1. The Hall–Kier alpha value is -1.87. The van der Waals surface area contributed by atoms with Crippen molar-refractivity contribution in [2.45, 2.75) is 13.8 Å². The van der Waals surface area contributed by atoms with Crippen LogP contribution in [0.2, 0.25) is 5.02 Å². The molecular weight excluding hydrogens is 265 g/mol. The first-order valence-corrected chi connectivity index (χ1v) is 6.19. The molecule has 0 aliphatic rings. The zero-order chi connectivity index (χ0) is 14.0. The van der Waals surface area contributed by atoms with Gasteiger partial charge in [0, 0.05) is 5.56 Å². The van der Waals surface area contributed by atoms with E-state index in [1.807, 2.05) is 13.0 Å². The van der Waals surface area contributed by atoms with Gasteiger partial charge in [-0.15, -0.1) is 0 Å². The van der Waals surface area contributed by atoms with Gasteiger partial charge < -0.3 is 5.32 Å². The number of halogens is 2. The van der Waals surface area contributed by atoms with Gasteiger partial charge in [0.25, 0.3) is 5.91 Å². The van der Waals surface area contributed by atoms with Crippen LogP contribution in [0.15, 0.2) is 36.4 Å². The summed E-state index contributed by atoms with van der Waals surface area (Å²) in [5, 5.41) is 3.21. The summed E-state index contributed by atoms with van der Waals surface area (Å²) in [6.07, 6.45) is 0. The van der Waals surface area contributed by atoms with Crippen molar-refractivity contribution >= 4 is 23.2 Å². The molecule has 0 fully saturated rings. The SMILES string of the molecule is Cc1ccc(Cl)c(NC(=O)c2ccc(F)cc2C)c1. The van der Waals surface area contributed by atoms with Crippen LogP contribution in [0.25, 0.3) is 0 Å². The predicted octanol–water partition coefficient (Wildman–Crippen LogP) is 4.35. The number of amides is 1. The van der Waals surface area contributed by atoms with Gasteiger partial charge in [-0.25, -0.2) is 4.39 Å². The minimum Gasteiger partial charge on any atom is -0.321 e. The molecule has 1 N–H and O–H groups in total. The number of anilines is 1. The van der Waals surface area contributed by atoms with Crippen molar-refractivity contribution < 1.29 is 9.18 Å². The lowest BCUT2D eigenvalue weighted by Crippen LogP contribution is -2.13. The third-order valence-electron chi connectivity index (χ3n) is 2.80. The van der Waals surface area contributed by atoms with Crippen LogP contribution in [0.3, 0.4) is 0 Å². The minimum absolute atomic E-state index is 0.301. The van der Waals surface area contributed by atoms with Crippen LogP contribution in [0, 0.1) is 19.7 Å². The first-order valence-electron chi connectivity index (χ1n) is 5.81. The van der Waals surface area contributed by atoms with Gasteiger partial charge in [-0.1, -0.05) is 17.7 Å². The number of benzene rings is 2. The largest absolute Gasteiger partial charge is 0.321 e. The van der Waals surface area contributed by atoms with Crippen molar-refractivity contribution in [1.29, 1.82) is 0 Å². The molecule has 0 heterocycles. The van der Waals surface area contributed by atoms with E-state index < -0.39 is 0 Å². The van der Waals surface area contributed by atoms with Gasteiger partial charge in [0.1, 0.15) is 5.82 Å². The van der Waals surface area contributed by atoms with Gasteiger partial charge in [-0.05, 0) is 55.3 Å². The molecule has 0 radical (unpaired) electrons. The highest BCUT2D eigenvalue weighted by atomic mass is 35.5. The standard InChI is InChI=1S/C15H13ClFNO/c1-9-3-6-13(16)14(7-9)18-15(19)12-5-4-11(17)8-10(12)2/h3-8H,1-2H3,(H,18,19). The lowest BCUT2D eigenvalue weighted by Gasteiger charge is -2.10. The van der Waals surface area contributed by atoms with E-state index in [1.165, 1.54) is 18.2 Å². The van der Waals surface area contributed by atoms with E-state index in [0.717, 1.165) is 5.56 Å². The van der Waals surface area contributed by atoms with E-state index in [4.69, 9.17) is 11.6 Å². The van der Waals surface area contributed by atoms with Gasteiger partial charge in [0.05, 0.1) is 10.7 Å². The van der Waals surface area contributed by atoms with E-state index in [9.17, 15) is 9.18 Å². The Labute approximate surface area is 116 Å². The van der Waals surface area contributed by atoms with Gasteiger partial charge in [-0.2, -0.15) is 0 Å². The molecule has 1 amide bonds. The van der Waals surface area contributed by atoms with Crippen molar-refractivity contribution in [3.8, 4) is 0 Å². The Balaban J connectivity index is 2.28. The molecule has 0 unspecified atom stereocenters. The molecule has 0 saturated carbocycles. The third kappa shape index (κ3) is 3.12. The average molecular weight is 278 g/mol. The minimum atomic E-state index is -0.359. The van der Waals surface area contributed by atoms with Crippen molar-refractivity contribution in [3.05, 3.63) is 63.9 Å². The van der Waals surface area contributed by atoms with Crippen LogP contribution in [0.5, 0.6) is 0 Å². The fourth-order valence-electron chi connectivity index (χ4n) is 1.81. The quantitative estimate of drug-likeness (QED) is 0.869. The molecular formula is C15H13ClFNO. The summed E-state index contributed by atoms with van der Waals surface area (Å²) in [6, 6.07) is 9.43. The molecule has 2 aromatic carbocycles. The highest BCUT2D eigenvalue weighted by Crippen LogP contribution is 2.23. The smallest absolute Gasteiger partial charge is 0.255 e. The second-order valence-corrected chi connectivity index (χ2v) is 4.80. The molecule has 98 valence electrons. The second-order valence-electron chi connectivity index (χ2n) is 4.40. The highest BCUT2D eigenvalue weighted by molar-refractivity contribution is 6.34. The van der Waals surface area contributed by atoms with Gasteiger partial charge in [0.15, 0.2) is 0 Å². The predicted molar refractivity (Wildman–Crippen MR) is 75.3 cm³/mol. The average Bonchev–Trinajstić information content (AvgIpc) is 2.33. The molecule has 0 aliphatic carbocycles. The summed E-state index contributed by atoms with van der Waals surface area (Å²) in [4.78, 5) is 12.1. The molecule has 19 heavy (non-hydrogen) atoms. The van der Waals surface area contributed by atoms with Crippen molar-refractivity contribution in [2.75, 3.05) is 5.32 Å². The second kappa shape index (κ2) is 5.41. The van der Waals surface area contributed by atoms with E-state index in [-0.39, 0.29) is 11.7 Å². The molecule has 0 aliphatic heterocycles. The summed E-state index contributed by atoms with van der Waals surface area (Å²) in [5.74, 6) is -0.660. The fourth-order valence-corrected chi connectivity index (χ4v) is 1.97. The molecule has 2 rings (SSSR count). The first-order chi connectivity index (χ1) is 8.97. The number of carbonyl (C=O) groups excluding carboxylic acids is 1. The van der Waals surface area contributed by atoms with E-state index in [2.05, 4.69) is 5.32 Å². The van der Waals surface area contributed by atoms with Crippen LogP contribution in [-0.2, 0) is 0 Å². The first kappa shape index (κ1) is 13.6. The Morgan fingerprint density at radius 1 is 1.16 bits per heavy atom. The Kier molecular flexibility index (Phi) is 3.86. The topological polar surface area (TPSA) is 29.1 Å². The molecule has 2 nitrogen and oxygen atoms in total. The normalized spacial score (nSPS) is 10.3. The maximum absolute atomic E-state index is 13.0. The summed E-state index contributed by atoms with van der Waals surface area (Å²) in [6.45, 7) is 3.60. The van der Waals surface area contributed by atoms with E-state index >= 15 is 0 Å². The van der Waals surface area contributed by atoms with Crippen LogP contribution >= 0.6 is 11.6 Å². The number of rotatable bonds is 2. The van der Waals surface area contributed by atoms with Crippen LogP contribution in [-0.4, -0.2) is 5.91 Å². The van der Waals surface area contributed by atoms with E-state index in [0.29, 0.717) is 21.8 Å². The number of hydrogen-bond acceptors (Lipinski definition) is 1. The highest BCUT2D eigenvalue weighted by Gasteiger charge is 2.11. The van der Waals surface area contributed by atoms with Crippen molar-refractivity contribution in [2.24, 2.45) is 0 Å². The molecule has 4 heteroatoms. The van der Waals surface area contributed by atoms with Crippen LogP contribution in [0.1, 0.15) is 21.5 Å².